The molecule has 6 atom stereocenters. The second-order valence-corrected chi connectivity index (χ2v) is 33.7. The number of alkyl halides is 3. The van der Waals surface area contributed by atoms with E-state index in [9.17, 15) is 51.5 Å². The maximum atomic E-state index is 14.5. The first-order valence-electron chi connectivity index (χ1n) is 38.6. The third-order valence-electron chi connectivity index (χ3n) is 19.1. The lowest BCUT2D eigenvalue weighted by Gasteiger charge is -2.27. The van der Waals surface area contributed by atoms with Crippen LogP contribution in [0.25, 0.3) is 44.1 Å². The summed E-state index contributed by atoms with van der Waals surface area (Å²) in [5.74, 6) is 1.48. The molecule has 3 aliphatic heterocycles. The van der Waals surface area contributed by atoms with Crippen LogP contribution in [0.3, 0.4) is 0 Å². The van der Waals surface area contributed by atoms with Gasteiger partial charge in [-0.25, -0.2) is 57.6 Å². The Hall–Kier alpha value is -10.2. The van der Waals surface area contributed by atoms with Gasteiger partial charge in [0, 0.05) is 164 Å². The van der Waals surface area contributed by atoms with Gasteiger partial charge < -0.3 is 40.4 Å². The third-order valence-corrected chi connectivity index (χ3v) is 19.5. The summed E-state index contributed by atoms with van der Waals surface area (Å²) in [7, 11) is 1.72. The second-order valence-electron chi connectivity index (χ2n) is 31.1. The Morgan fingerprint density at radius 3 is 1.27 bits per heavy atom. The molecule has 0 radical (unpaired) electrons. The van der Waals surface area contributed by atoms with Crippen LogP contribution in [0.2, 0.25) is 5.82 Å². The molecule has 10 heterocycles. The van der Waals surface area contributed by atoms with Crippen LogP contribution in [0, 0.1) is 13.8 Å². The molecule has 0 spiro atoms. The number of nitrogens with zero attached hydrogens (tertiary/aromatic N) is 14. The largest absolute Gasteiger partial charge is 0.454 e. The summed E-state index contributed by atoms with van der Waals surface area (Å²) >= 11 is 18.8. The number of fused-ring (bicyclic) bond motifs is 2. The number of nitrogens with one attached hydrogen (secondary N) is 3. The highest BCUT2D eigenvalue weighted by Gasteiger charge is 2.45. The van der Waals surface area contributed by atoms with Crippen molar-refractivity contribution >= 4 is 183 Å². The number of carbonyl (C=O) groups excluding carboxylic acids is 10. The molecule has 0 unspecified atom stereocenters. The van der Waals surface area contributed by atoms with Crippen LogP contribution in [-0.4, -0.2) is 207 Å². The van der Waals surface area contributed by atoms with Gasteiger partial charge in [0.1, 0.15) is 99.5 Å². The highest BCUT2D eigenvalue weighted by molar-refractivity contribution is 9.10. The molecule has 31 nitrogen and oxygen atoms in total. The van der Waals surface area contributed by atoms with Crippen LogP contribution in [0.5, 0.6) is 0 Å². The number of hydrogen-bond donors (Lipinski definition) is 5. The summed E-state index contributed by atoms with van der Waals surface area (Å²) in [5.41, 5.74) is 6.19. The lowest BCUT2D eigenvalue weighted by Crippen LogP contribution is -2.45. The van der Waals surface area contributed by atoms with Crippen molar-refractivity contribution in [3.63, 3.8) is 0 Å². The molecule has 6 aliphatic rings. The Kier molecular flexibility index (Phi) is 39.1. The minimum Gasteiger partial charge on any atom is -0.444 e. The van der Waals surface area contributed by atoms with Crippen molar-refractivity contribution in [2.75, 3.05) is 35.6 Å². The predicted molar refractivity (Wildman–Crippen MR) is 482 cm³/mol. The highest BCUT2D eigenvalue weighted by Crippen LogP contribution is 2.41. The fourth-order valence-electron chi connectivity index (χ4n) is 12.9. The number of halogens is 4. The summed E-state index contributed by atoms with van der Waals surface area (Å²) in [6.07, 6.45) is 8.22. The van der Waals surface area contributed by atoms with Gasteiger partial charge in [-0.1, -0.05) is 50.6 Å². The van der Waals surface area contributed by atoms with Crippen molar-refractivity contribution in [3.8, 4) is 22.3 Å². The number of Topliss-reactive ketones (excluding diaryl/α,β-unsaturated/α-hetero) is 2. The minimum atomic E-state index is -1.33. The predicted octanol–water partition coefficient (Wildman–Crippen LogP) is 12.5. The van der Waals surface area contributed by atoms with E-state index in [-0.39, 0.29) is 95.6 Å². The number of hydrogen-bond acceptors (Lipinski definition) is 27. The number of rotatable bonds is 15. The number of benzene rings is 2. The molecule has 42 heteroatoms. The number of pyridine rings is 3. The molecule has 2 aromatic carbocycles. The van der Waals surface area contributed by atoms with Crippen LogP contribution in [0.1, 0.15) is 176 Å². The minimum absolute atomic E-state index is 0. The lowest BCUT2D eigenvalue weighted by molar-refractivity contribution is -0.191. The zero-order valence-electron chi connectivity index (χ0n) is 69.0. The van der Waals surface area contributed by atoms with Gasteiger partial charge in [0.05, 0.1) is 30.7 Å². The average molecular weight is 1890 g/mol. The highest BCUT2D eigenvalue weighted by atomic mass is 79.9. The smallest absolute Gasteiger partial charge is 0.444 e. The molecule has 6 amide bonds. The molecular formula is C82H98BBrF3N17O14S6. The number of aromatic nitrogens is 11. The summed E-state index contributed by atoms with van der Waals surface area (Å²) < 4.78 is 56.3. The second kappa shape index (κ2) is 47.2. The van der Waals surface area contributed by atoms with Gasteiger partial charge in [-0.05, 0) is 175 Å². The van der Waals surface area contributed by atoms with Gasteiger partial charge in [-0.15, -0.1) is 0 Å². The molecule has 6 fully saturated rings. The lowest BCUT2D eigenvalue weighted by atomic mass is 9.84. The number of aryl methyl sites for hydroxylation is 3. The number of likely N-dealkylation sites (tertiary alicyclic amines) is 3. The zero-order chi connectivity index (χ0) is 89.6. The summed E-state index contributed by atoms with van der Waals surface area (Å²) in [6, 6.07) is 24.5. The van der Waals surface area contributed by atoms with E-state index in [0.717, 1.165) is 108 Å². The monoisotopic (exact) mass is 1880 g/mol. The molecule has 7 aromatic heterocycles. The van der Waals surface area contributed by atoms with E-state index in [1.807, 2.05) is 68.6 Å². The number of ketones is 2. The van der Waals surface area contributed by atoms with Crippen LogP contribution < -0.4 is 16.0 Å². The maximum absolute atomic E-state index is 14.5. The van der Waals surface area contributed by atoms with Crippen molar-refractivity contribution in [1.29, 1.82) is 0 Å². The number of carbonyl (C=O) groups is 8. The molecule has 3 saturated carbocycles. The number of amides is 6. The fourth-order valence-corrected chi connectivity index (χ4v) is 13.3. The first kappa shape index (κ1) is 103. The van der Waals surface area contributed by atoms with Crippen molar-refractivity contribution in [3.05, 3.63) is 155 Å². The number of anilines is 3. The summed E-state index contributed by atoms with van der Waals surface area (Å²) in [4.78, 5) is 150. The Morgan fingerprint density at radius 2 is 0.911 bits per heavy atom. The van der Waals surface area contributed by atoms with Crippen LogP contribution >= 0.6 is 29.4 Å². The molecule has 662 valence electrons. The zero-order valence-corrected chi connectivity index (χ0v) is 75.7. The van der Waals surface area contributed by atoms with E-state index in [4.69, 9.17) is 29.1 Å². The Bertz CT molecular complexity index is 5300. The molecule has 3 saturated heterocycles. The fraction of sp³-hybridized carbons (Fsp3) is 0.439. The first-order valence-corrected chi connectivity index (χ1v) is 43.3. The van der Waals surface area contributed by atoms with Gasteiger partial charge in [-0.3, -0.25) is 47.9 Å². The SMILES string of the molecule is C.CC(=O)c1nn(C)c2ccc(-c3cnc(C)nc3)cc12.CC(=O)c1nn(CC(=O)N2C[C@H](F)C[C@H]2C(=O)Nc2cccc(C3CC3)n2)c2ccc(-c3cnc(C)nc3)cc12.CC(C)(C)OC(=O)N1C[C@H](F)C[C@H]1C(=O)Nc1cccc(Br)n1.CC(C)(C)OC(=O)N1C[C@H](F)C[C@H]1C(=O)Nc1cccc(C2CC2)n1.O=C=O.OB(O)C1CC1.S.S=S.S=S=S. The van der Waals surface area contributed by atoms with Gasteiger partial charge in [0.2, 0.25) is 23.6 Å². The molecular weight excluding hydrogens is 1790 g/mol. The van der Waals surface area contributed by atoms with Gasteiger partial charge in [-0.2, -0.15) is 33.3 Å². The standard InChI is InChI=1S/C29H28FN7O3.C18H24FN3O3.C15H19BrFN3O3.C15H14N4O.C3H7BO2.CO2.CH4.S3.S2.H2S/c1-16(38)28-22-10-19(20-12-31-17(2)32-13-20)8-9-24(22)37(35-28)15-27(39)36-14-21(30)11-25(36)29(40)34-26-5-3-4-23(33-26)18-6-7-18;1-18(2,3)25-17(24)22-10-12(19)9-14(22)16(23)21-15-6-4-5-13(20-15)11-7-8-11;1-15(2,3)23-14(22)20-8-9(17)7-10(20)13(21)19-12-6-4-5-11(16)18-12;1-9(20)15-13-6-11(4-5-14(13)19(3)18-15)12-7-16-10(2)17-8-12;5-4(6)3-1-2-3;2-1-3;;1-3-2;1-2;/h3-5,8-10,12-13,18,21,25H,6-7,11,14-15H2,1-2H3,(H,33,34,40);4-6,11-12,14H,7-10H2,1-3H3,(H,20,21,23);4-6,9-10H,7-8H2,1-3H3,(H,18,19,21);4-8H,1-3H3;3,5-6H,1-2H2;;1H4;;;1H2/t21-,25+;12-,14+;9-,10+;;;;;;;/m111......./s1. The Balaban J connectivity index is 0.000000249. The number of ether oxygens (including phenoxy) is 2. The van der Waals surface area contributed by atoms with E-state index in [0.29, 0.717) is 56.3 Å². The van der Waals surface area contributed by atoms with Crippen LogP contribution in [-0.2, 0) is 105 Å². The Morgan fingerprint density at radius 1 is 0.556 bits per heavy atom. The van der Waals surface area contributed by atoms with E-state index < -0.39 is 90.8 Å². The third kappa shape index (κ3) is 30.3. The molecule has 5 N–H and O–H groups in total. The van der Waals surface area contributed by atoms with Crippen LogP contribution in [0.4, 0.5) is 40.2 Å². The maximum Gasteiger partial charge on any atom is 0.454 e. The molecule has 0 bridgehead atoms. The van der Waals surface area contributed by atoms with E-state index in [1.165, 1.54) is 23.4 Å². The van der Waals surface area contributed by atoms with Crippen molar-refractivity contribution < 1.29 is 80.6 Å². The summed E-state index contributed by atoms with van der Waals surface area (Å²) in [5, 5.41) is 34.7. The average Bonchev–Trinajstić information content (AvgIpc) is 1.61. The Labute approximate surface area is 753 Å². The molecule has 3 aliphatic carbocycles. The quantitative estimate of drug-likeness (QED) is 0.0361. The first-order chi connectivity index (χ1) is 57.8. The van der Waals surface area contributed by atoms with E-state index in [2.05, 4.69) is 122 Å². The topological polar surface area (TPSA) is 401 Å². The van der Waals surface area contributed by atoms with Crippen molar-refractivity contribution in [2.24, 2.45) is 7.05 Å². The normalized spacial score (nSPS) is 17.7. The van der Waals surface area contributed by atoms with Gasteiger partial charge >= 0.3 is 25.5 Å². The molecule has 15 rings (SSSR count). The van der Waals surface area contributed by atoms with Gasteiger partial charge in [0.25, 0.3) is 0 Å². The van der Waals surface area contributed by atoms with Gasteiger partial charge in [0.15, 0.2) is 11.6 Å². The molecule has 124 heavy (non-hydrogen) atoms. The molecule has 9 aromatic rings. The van der Waals surface area contributed by atoms with Crippen molar-refractivity contribution in [1.82, 2.24) is 69.1 Å². The summed E-state index contributed by atoms with van der Waals surface area (Å²) in [6.45, 7) is 16.2. The van der Waals surface area contributed by atoms with E-state index >= 15 is 0 Å². The van der Waals surface area contributed by atoms with Crippen LogP contribution in [0.15, 0.2) is 120 Å². The van der Waals surface area contributed by atoms with E-state index in [1.54, 1.807) is 114 Å². The van der Waals surface area contributed by atoms with Crippen molar-refractivity contribution in [2.45, 2.75) is 206 Å².